The number of hydrogen-bond acceptors (Lipinski definition) is 2. The van der Waals surface area contributed by atoms with E-state index in [2.05, 4.69) is 60.7 Å². The molecule has 0 saturated carbocycles. The van der Waals surface area contributed by atoms with Crippen LogP contribution in [0.15, 0.2) is 60.7 Å². The first-order valence-electron chi connectivity index (χ1n) is 4.77. The molecule has 0 fully saturated rings. The third kappa shape index (κ3) is 7.10. The Hall–Kier alpha value is -0.898. The predicted molar refractivity (Wildman–Crippen MR) is 76.6 cm³/mol. The summed E-state index contributed by atoms with van der Waals surface area (Å²) in [6.45, 7) is 0. The molecule has 0 aliphatic carbocycles. The van der Waals surface area contributed by atoms with Gasteiger partial charge in [-0.15, -0.1) is 0 Å². The van der Waals surface area contributed by atoms with Crippen molar-refractivity contribution in [2.75, 3.05) is 0 Å². The van der Waals surface area contributed by atoms with Gasteiger partial charge in [0.2, 0.25) is 4.91 Å². The molecular formula is C12H15N3PPb+. The summed E-state index contributed by atoms with van der Waals surface area (Å²) >= 11 is 0. The average molecular weight is 439 g/mol. The summed E-state index contributed by atoms with van der Waals surface area (Å²) in [6, 6.07) is 21.2. The van der Waals surface area contributed by atoms with Crippen LogP contribution < -0.4 is 15.5 Å². The Bertz CT molecular complexity index is 404. The van der Waals surface area contributed by atoms with E-state index >= 15 is 0 Å². The van der Waals surface area contributed by atoms with E-state index in [1.807, 2.05) is 4.91 Å². The second-order valence-corrected chi connectivity index (χ2v) is 4.37. The Balaban J connectivity index is 0.000000583. The molecule has 86 valence electrons. The van der Waals surface area contributed by atoms with Crippen LogP contribution in [0.5, 0.6) is 0 Å². The second kappa shape index (κ2) is 10.3. The summed E-state index contributed by atoms with van der Waals surface area (Å²) in [5.74, 6) is 0. The van der Waals surface area contributed by atoms with Gasteiger partial charge in [0.1, 0.15) is 11.1 Å². The van der Waals surface area contributed by atoms with Crippen LogP contribution in [0.3, 0.4) is 0 Å². The standard InChI is InChI=1S/C12H11P.H2N3.Pb.2H/c1-3-7-11(8-4-1)13-12-9-5-2-6-10-12;1-3-2;;;/h1-10,13H;1-2H;;;/q;+1;;;. The van der Waals surface area contributed by atoms with Gasteiger partial charge in [0.05, 0.1) is 0 Å². The van der Waals surface area contributed by atoms with Crippen molar-refractivity contribution in [3.63, 3.8) is 0 Å². The smallest absolute Gasteiger partial charge is 0.0226 e. The van der Waals surface area contributed by atoms with Gasteiger partial charge in [-0.3, -0.25) is 0 Å². The van der Waals surface area contributed by atoms with Gasteiger partial charge in [0.25, 0.3) is 0 Å². The van der Waals surface area contributed by atoms with Crippen molar-refractivity contribution in [2.24, 2.45) is 0 Å². The minimum Gasteiger partial charge on any atom is -0.0622 e. The maximum atomic E-state index is 5.50. The molecule has 0 atom stereocenters. The predicted octanol–water partition coefficient (Wildman–Crippen LogP) is 1.52. The van der Waals surface area contributed by atoms with Gasteiger partial charge < -0.3 is 0 Å². The first kappa shape index (κ1) is 16.1. The second-order valence-electron chi connectivity index (χ2n) is 2.97. The van der Waals surface area contributed by atoms with Crippen molar-refractivity contribution in [3.8, 4) is 0 Å². The van der Waals surface area contributed by atoms with Crippen LogP contribution in [0.25, 0.3) is 0 Å². The van der Waals surface area contributed by atoms with E-state index in [1.165, 1.54) is 10.6 Å². The summed E-state index contributed by atoms with van der Waals surface area (Å²) in [6.07, 6.45) is 0. The van der Waals surface area contributed by atoms with E-state index < -0.39 is 0 Å². The van der Waals surface area contributed by atoms with E-state index in [0.717, 1.165) is 8.58 Å². The van der Waals surface area contributed by atoms with Crippen molar-refractivity contribution >= 4 is 46.5 Å². The van der Waals surface area contributed by atoms with Crippen molar-refractivity contribution in [1.29, 1.82) is 11.1 Å². The van der Waals surface area contributed by atoms with Crippen molar-refractivity contribution in [2.45, 2.75) is 0 Å². The molecule has 2 rings (SSSR count). The van der Waals surface area contributed by atoms with Crippen molar-refractivity contribution in [3.05, 3.63) is 60.7 Å². The Kier molecular flexibility index (Phi) is 9.73. The van der Waals surface area contributed by atoms with E-state index in [9.17, 15) is 0 Å². The third-order valence-corrected chi connectivity index (χ3v) is 3.08. The van der Waals surface area contributed by atoms with Gasteiger partial charge >= 0.3 is 27.3 Å². The fraction of sp³-hybridized carbons (Fsp3) is 0. The maximum absolute atomic E-state index is 5.50. The molecule has 17 heavy (non-hydrogen) atoms. The zero-order chi connectivity index (χ0) is 11.6. The zero-order valence-electron chi connectivity index (χ0n) is 9.43. The van der Waals surface area contributed by atoms with Gasteiger partial charge in [-0.2, -0.15) is 0 Å². The quantitative estimate of drug-likeness (QED) is 0.309. The Labute approximate surface area is 123 Å². The molecule has 0 saturated heterocycles. The van der Waals surface area contributed by atoms with Crippen molar-refractivity contribution < 1.29 is 0 Å². The Morgan fingerprint density at radius 3 is 1.29 bits per heavy atom. The molecule has 0 amide bonds. The molecule has 0 bridgehead atoms. The van der Waals surface area contributed by atoms with Gasteiger partial charge in [-0.25, -0.2) is 0 Å². The van der Waals surface area contributed by atoms with Crippen LogP contribution >= 0.6 is 8.58 Å². The molecule has 3 nitrogen and oxygen atoms in total. The van der Waals surface area contributed by atoms with E-state index in [0.29, 0.717) is 0 Å². The monoisotopic (exact) mass is 440 g/mol. The normalized spacial score (nSPS) is 8.00. The third-order valence-electron chi connectivity index (χ3n) is 1.84. The molecule has 0 unspecified atom stereocenters. The Morgan fingerprint density at radius 1 is 0.706 bits per heavy atom. The SMILES string of the molecule is N=[N+]=N.[PbH2].c1ccc(Pc2ccccc2)cc1. The molecular weight excluding hydrogens is 424 g/mol. The number of nitrogens with one attached hydrogen (secondary N) is 2. The molecule has 2 radical (unpaired) electrons. The fourth-order valence-corrected chi connectivity index (χ4v) is 2.26. The van der Waals surface area contributed by atoms with E-state index in [-0.39, 0.29) is 27.3 Å². The summed E-state index contributed by atoms with van der Waals surface area (Å²) < 4.78 is 0. The minimum absolute atomic E-state index is 0. The molecule has 5 heteroatoms. The Morgan fingerprint density at radius 2 is 1.00 bits per heavy atom. The number of rotatable bonds is 2. The number of hydrogen-bond donors (Lipinski definition) is 2. The van der Waals surface area contributed by atoms with Crippen LogP contribution in [0.4, 0.5) is 0 Å². The zero-order valence-corrected chi connectivity index (χ0v) is 15.9. The topological polar surface area (TPSA) is 61.8 Å². The summed E-state index contributed by atoms with van der Waals surface area (Å²) in [7, 11) is 0.777. The van der Waals surface area contributed by atoms with Crippen LogP contribution in [0.2, 0.25) is 0 Å². The fourth-order valence-electron chi connectivity index (χ4n) is 1.21. The molecule has 2 aromatic carbocycles. The van der Waals surface area contributed by atoms with Crippen LogP contribution in [0.1, 0.15) is 0 Å². The first-order valence-corrected chi connectivity index (χ1v) is 5.77. The minimum atomic E-state index is 0. The average Bonchev–Trinajstić information content (AvgIpc) is 2.33. The summed E-state index contributed by atoms with van der Waals surface area (Å²) in [4.78, 5) is 2.00. The number of nitrogens with zero attached hydrogens (tertiary/aromatic N) is 1. The van der Waals surface area contributed by atoms with Gasteiger partial charge in [-0.1, -0.05) is 69.2 Å². The van der Waals surface area contributed by atoms with Crippen LogP contribution in [-0.2, 0) is 0 Å². The van der Waals surface area contributed by atoms with Crippen LogP contribution in [-0.4, -0.2) is 27.3 Å². The van der Waals surface area contributed by atoms with E-state index in [4.69, 9.17) is 11.1 Å². The molecule has 0 aliphatic rings. The van der Waals surface area contributed by atoms with Gasteiger partial charge in [0.15, 0.2) is 0 Å². The largest absolute Gasteiger partial charge is 0.0622 e. The van der Waals surface area contributed by atoms with Crippen molar-refractivity contribution in [1.82, 2.24) is 4.91 Å². The molecule has 0 spiro atoms. The van der Waals surface area contributed by atoms with Gasteiger partial charge in [-0.05, 0) is 10.6 Å². The van der Waals surface area contributed by atoms with E-state index in [1.54, 1.807) is 0 Å². The molecule has 2 aromatic rings. The maximum Gasteiger partial charge on any atom is -0.0226 e. The molecule has 0 aliphatic heterocycles. The molecule has 2 N–H and O–H groups in total. The molecule has 0 aromatic heterocycles. The first-order chi connectivity index (χ1) is 7.86. The van der Waals surface area contributed by atoms with Gasteiger partial charge in [0, 0.05) is 0 Å². The molecule has 0 heterocycles. The number of benzene rings is 2. The summed E-state index contributed by atoms with van der Waals surface area (Å²) in [5.41, 5.74) is 11.0. The van der Waals surface area contributed by atoms with Crippen LogP contribution in [0, 0.1) is 11.1 Å². The summed E-state index contributed by atoms with van der Waals surface area (Å²) in [5, 5.41) is 2.79.